The van der Waals surface area contributed by atoms with Crippen molar-refractivity contribution in [1.29, 1.82) is 0 Å². The van der Waals surface area contributed by atoms with Crippen LogP contribution in [0.4, 0.5) is 0 Å². The van der Waals surface area contributed by atoms with E-state index in [1.165, 1.54) is 5.56 Å². The van der Waals surface area contributed by atoms with E-state index in [9.17, 15) is 0 Å². The van der Waals surface area contributed by atoms with E-state index in [-0.39, 0.29) is 0 Å². The molecule has 0 N–H and O–H groups in total. The van der Waals surface area contributed by atoms with Crippen LogP contribution in [0.15, 0.2) is 35.3 Å². The molecule has 0 aliphatic rings. The van der Waals surface area contributed by atoms with Crippen LogP contribution in [0.3, 0.4) is 0 Å². The molecule has 0 amide bonds. The number of rotatable bonds is 4. The van der Waals surface area contributed by atoms with E-state index < -0.39 is 0 Å². The summed E-state index contributed by atoms with van der Waals surface area (Å²) in [5.41, 5.74) is 1.21. The summed E-state index contributed by atoms with van der Waals surface area (Å²) in [6.07, 6.45) is 1.93. The Morgan fingerprint density at radius 1 is 1.57 bits per heavy atom. The van der Waals surface area contributed by atoms with Crippen molar-refractivity contribution in [3.8, 4) is 5.75 Å². The number of benzene rings is 1. The average molecular weight is 255 g/mol. The minimum absolute atomic E-state index is 0.338. The van der Waals surface area contributed by atoms with E-state index in [4.69, 9.17) is 4.74 Å². The van der Waals surface area contributed by atoms with Crippen molar-refractivity contribution in [2.45, 2.75) is 19.8 Å². The Labute approximate surface area is 93.9 Å². The molecule has 1 aromatic carbocycles. The lowest BCUT2D eigenvalue weighted by Gasteiger charge is -2.12. The van der Waals surface area contributed by atoms with Crippen molar-refractivity contribution in [3.05, 3.63) is 40.9 Å². The molecule has 0 saturated heterocycles. The second-order valence-corrected chi connectivity index (χ2v) is 3.91. The van der Waals surface area contributed by atoms with Crippen LogP contribution < -0.4 is 4.74 Å². The van der Waals surface area contributed by atoms with Gasteiger partial charge in [-0.3, -0.25) is 0 Å². The van der Waals surface area contributed by atoms with Crippen molar-refractivity contribution >= 4 is 15.9 Å². The van der Waals surface area contributed by atoms with Crippen LogP contribution in [0.5, 0.6) is 5.75 Å². The van der Waals surface area contributed by atoms with Crippen LogP contribution >= 0.6 is 15.9 Å². The number of allylic oxidation sites excluding steroid dienone is 1. The molecule has 0 bridgehead atoms. The molecule has 1 rings (SSSR count). The third-order valence-electron chi connectivity index (χ3n) is 2.14. The molecule has 76 valence electrons. The summed E-state index contributed by atoms with van der Waals surface area (Å²) in [5.74, 6) is 1.24. The highest BCUT2D eigenvalue weighted by Crippen LogP contribution is 2.33. The summed E-state index contributed by atoms with van der Waals surface area (Å²) in [6, 6.07) is 6.05. The zero-order valence-corrected chi connectivity index (χ0v) is 10.2. The second-order valence-electron chi connectivity index (χ2n) is 3.12. The number of halogens is 1. The van der Waals surface area contributed by atoms with Gasteiger partial charge in [-0.05, 0) is 40.4 Å². The van der Waals surface area contributed by atoms with E-state index in [1.807, 2.05) is 25.1 Å². The summed E-state index contributed by atoms with van der Waals surface area (Å²) >= 11 is 3.55. The van der Waals surface area contributed by atoms with E-state index in [0.29, 0.717) is 12.5 Å². The smallest absolute Gasteiger partial charge is 0.133 e. The van der Waals surface area contributed by atoms with Gasteiger partial charge in [-0.2, -0.15) is 0 Å². The molecule has 0 fully saturated rings. The van der Waals surface area contributed by atoms with Crippen molar-refractivity contribution < 1.29 is 4.74 Å². The zero-order chi connectivity index (χ0) is 10.6. The molecule has 1 nitrogen and oxygen atoms in total. The van der Waals surface area contributed by atoms with Gasteiger partial charge in [-0.1, -0.05) is 25.1 Å². The van der Waals surface area contributed by atoms with Crippen molar-refractivity contribution in [3.63, 3.8) is 0 Å². The SMILES string of the molecule is C=CC(C)c1cccc(OCC)c1Br. The third kappa shape index (κ3) is 2.38. The Morgan fingerprint density at radius 3 is 2.86 bits per heavy atom. The Bertz CT molecular complexity index is 320. The Hall–Kier alpha value is -0.760. The average Bonchev–Trinajstić information content (AvgIpc) is 2.20. The van der Waals surface area contributed by atoms with Gasteiger partial charge in [0.05, 0.1) is 11.1 Å². The molecule has 1 atom stereocenters. The number of hydrogen-bond acceptors (Lipinski definition) is 1. The molecule has 0 aromatic heterocycles. The van der Waals surface area contributed by atoms with Gasteiger partial charge >= 0.3 is 0 Å². The fourth-order valence-electron chi connectivity index (χ4n) is 1.27. The predicted octanol–water partition coefficient (Wildman–Crippen LogP) is 4.14. The van der Waals surface area contributed by atoms with Gasteiger partial charge in [0.15, 0.2) is 0 Å². The van der Waals surface area contributed by atoms with Crippen LogP contribution in [0, 0.1) is 0 Å². The highest BCUT2D eigenvalue weighted by Gasteiger charge is 2.09. The van der Waals surface area contributed by atoms with E-state index in [0.717, 1.165) is 10.2 Å². The quantitative estimate of drug-likeness (QED) is 0.735. The van der Waals surface area contributed by atoms with Gasteiger partial charge in [0.25, 0.3) is 0 Å². The maximum Gasteiger partial charge on any atom is 0.133 e. The Kier molecular flexibility index (Phi) is 4.21. The molecule has 0 radical (unpaired) electrons. The molecule has 0 saturated carbocycles. The molecular weight excluding hydrogens is 240 g/mol. The van der Waals surface area contributed by atoms with Crippen molar-refractivity contribution in [1.82, 2.24) is 0 Å². The minimum Gasteiger partial charge on any atom is -0.493 e. The molecule has 1 aromatic rings. The van der Waals surface area contributed by atoms with Crippen molar-refractivity contribution in [2.24, 2.45) is 0 Å². The summed E-state index contributed by atoms with van der Waals surface area (Å²) in [5, 5.41) is 0. The fourth-order valence-corrected chi connectivity index (χ4v) is 2.01. The number of ether oxygens (including phenoxy) is 1. The molecule has 0 aliphatic carbocycles. The lowest BCUT2D eigenvalue weighted by molar-refractivity contribution is 0.337. The van der Waals surface area contributed by atoms with Gasteiger partial charge in [0, 0.05) is 0 Å². The number of hydrogen-bond donors (Lipinski definition) is 0. The second kappa shape index (κ2) is 5.20. The van der Waals surface area contributed by atoms with Crippen molar-refractivity contribution in [2.75, 3.05) is 6.61 Å². The third-order valence-corrected chi connectivity index (χ3v) is 2.99. The van der Waals surface area contributed by atoms with Crippen LogP contribution in [-0.4, -0.2) is 6.61 Å². The molecule has 0 heterocycles. The van der Waals surface area contributed by atoms with Crippen LogP contribution in [0.25, 0.3) is 0 Å². The highest BCUT2D eigenvalue weighted by molar-refractivity contribution is 9.10. The maximum absolute atomic E-state index is 5.49. The first-order valence-corrected chi connectivity index (χ1v) is 5.53. The fraction of sp³-hybridized carbons (Fsp3) is 0.333. The normalized spacial score (nSPS) is 12.2. The topological polar surface area (TPSA) is 9.23 Å². The van der Waals surface area contributed by atoms with Crippen LogP contribution in [0.2, 0.25) is 0 Å². The lowest BCUT2D eigenvalue weighted by atomic mass is 10.0. The van der Waals surface area contributed by atoms with Crippen LogP contribution in [-0.2, 0) is 0 Å². The molecule has 14 heavy (non-hydrogen) atoms. The maximum atomic E-state index is 5.49. The first-order chi connectivity index (χ1) is 6.70. The Morgan fingerprint density at radius 2 is 2.29 bits per heavy atom. The first kappa shape index (κ1) is 11.3. The molecule has 0 aliphatic heterocycles. The highest BCUT2D eigenvalue weighted by atomic mass is 79.9. The van der Waals surface area contributed by atoms with Gasteiger partial charge in [-0.15, -0.1) is 6.58 Å². The summed E-state index contributed by atoms with van der Waals surface area (Å²) < 4.78 is 6.53. The van der Waals surface area contributed by atoms with Crippen LogP contribution in [0.1, 0.15) is 25.3 Å². The monoisotopic (exact) mass is 254 g/mol. The predicted molar refractivity (Wildman–Crippen MR) is 63.9 cm³/mol. The molecule has 0 spiro atoms. The largest absolute Gasteiger partial charge is 0.493 e. The zero-order valence-electron chi connectivity index (χ0n) is 8.59. The van der Waals surface area contributed by atoms with Gasteiger partial charge in [-0.25, -0.2) is 0 Å². The minimum atomic E-state index is 0.338. The van der Waals surface area contributed by atoms with Gasteiger partial charge in [0.2, 0.25) is 0 Å². The first-order valence-electron chi connectivity index (χ1n) is 4.74. The standard InChI is InChI=1S/C12H15BrO/c1-4-9(3)10-7-6-8-11(12(10)13)14-5-2/h4,6-9H,1,5H2,2-3H3. The molecule has 1 unspecified atom stereocenters. The van der Waals surface area contributed by atoms with Gasteiger partial charge in [0.1, 0.15) is 5.75 Å². The lowest BCUT2D eigenvalue weighted by Crippen LogP contribution is -1.96. The van der Waals surface area contributed by atoms with E-state index >= 15 is 0 Å². The van der Waals surface area contributed by atoms with Gasteiger partial charge < -0.3 is 4.74 Å². The summed E-state index contributed by atoms with van der Waals surface area (Å²) in [4.78, 5) is 0. The summed E-state index contributed by atoms with van der Waals surface area (Å²) in [6.45, 7) is 8.57. The van der Waals surface area contributed by atoms with E-state index in [1.54, 1.807) is 0 Å². The molecular formula is C12H15BrO. The summed E-state index contributed by atoms with van der Waals surface area (Å²) in [7, 11) is 0. The molecule has 2 heteroatoms. The van der Waals surface area contributed by atoms with E-state index in [2.05, 4.69) is 35.5 Å². The Balaban J connectivity index is 3.06.